The molecule has 10 aromatic rings. The van der Waals surface area contributed by atoms with E-state index in [1.54, 1.807) is 0 Å². The van der Waals surface area contributed by atoms with Crippen molar-refractivity contribution in [2.24, 2.45) is 0 Å². The van der Waals surface area contributed by atoms with Crippen molar-refractivity contribution < 1.29 is 9.30 Å². The molecule has 5 nitrogen and oxygen atoms in total. The highest BCUT2D eigenvalue weighted by Gasteiger charge is 2.28. The second-order valence-electron chi connectivity index (χ2n) is 21.7. The van der Waals surface area contributed by atoms with E-state index in [0.717, 1.165) is 61.8 Å². The van der Waals surface area contributed by atoms with Gasteiger partial charge < -0.3 is 4.74 Å². The van der Waals surface area contributed by atoms with Crippen LogP contribution in [0.4, 0.5) is 0 Å². The molecule has 0 aliphatic rings. The Morgan fingerprint density at radius 3 is 1.78 bits per heavy atom. The third-order valence-electron chi connectivity index (χ3n) is 14.1. The summed E-state index contributed by atoms with van der Waals surface area (Å²) in [6.07, 6.45) is 7.98. The topological polar surface area (TPSA) is 35.9 Å². The quantitative estimate of drug-likeness (QED) is 0.101. The first-order valence-electron chi connectivity index (χ1n) is 24.2. The van der Waals surface area contributed by atoms with Crippen molar-refractivity contribution in [3.8, 4) is 39.8 Å². The number of pyridine rings is 1. The number of hydrogen-bond acceptors (Lipinski definition) is 2. The Kier molecular flexibility index (Phi) is 11.3. The van der Waals surface area contributed by atoms with Crippen molar-refractivity contribution >= 4 is 21.8 Å². The van der Waals surface area contributed by atoms with Crippen LogP contribution in [0.3, 0.4) is 0 Å². The van der Waals surface area contributed by atoms with Gasteiger partial charge in [0.05, 0.1) is 28.1 Å². The van der Waals surface area contributed by atoms with Crippen molar-refractivity contribution in [2.45, 2.75) is 90.9 Å². The molecule has 0 unspecified atom stereocenters. The predicted octanol–water partition coefficient (Wildman–Crippen LogP) is 15.8. The molecule has 0 atom stereocenters. The van der Waals surface area contributed by atoms with Crippen LogP contribution in [-0.4, -0.2) is 14.1 Å². The molecule has 0 fully saturated rings. The average molecular weight is 903 g/mol. The van der Waals surface area contributed by atoms with Gasteiger partial charge in [0.15, 0.2) is 0 Å². The summed E-state index contributed by atoms with van der Waals surface area (Å²) in [5.41, 5.74) is 13.0. The SMILES string of the molecule is CC(C)(C)c1ccnc(-n2c3ccc(-c4ccccc4)cc3c3ccc(Oc4cc(-n5[c-][n+](-c6cccc(C(C)(C)c7ccccc7)c6)c(C(C)(C)C)c5)cc(C(C)(C)c5ccccc5)c4)cc32)c1. The number of aromatic nitrogens is 4. The van der Waals surface area contributed by atoms with Gasteiger partial charge in [-0.15, -0.1) is 0 Å². The lowest BCUT2D eigenvalue weighted by Crippen LogP contribution is -2.39. The smallest absolute Gasteiger partial charge is 0.269 e. The first-order valence-corrected chi connectivity index (χ1v) is 24.2. The van der Waals surface area contributed by atoms with E-state index in [0.29, 0.717) is 0 Å². The highest BCUT2D eigenvalue weighted by Crippen LogP contribution is 2.41. The van der Waals surface area contributed by atoms with E-state index in [1.165, 1.54) is 33.4 Å². The molecule has 3 heterocycles. The molecule has 0 spiro atoms. The van der Waals surface area contributed by atoms with Crippen LogP contribution in [0.25, 0.3) is 50.1 Å². The zero-order valence-electron chi connectivity index (χ0n) is 41.7. The number of rotatable bonds is 10. The van der Waals surface area contributed by atoms with E-state index >= 15 is 0 Å². The van der Waals surface area contributed by atoms with Gasteiger partial charge in [-0.05, 0) is 117 Å². The lowest BCUT2D eigenvalue weighted by Gasteiger charge is -2.27. The van der Waals surface area contributed by atoms with Crippen LogP contribution < -0.4 is 9.30 Å². The van der Waals surface area contributed by atoms with Crippen LogP contribution in [0, 0.1) is 6.33 Å². The van der Waals surface area contributed by atoms with Gasteiger partial charge in [-0.2, -0.15) is 0 Å². The van der Waals surface area contributed by atoms with Gasteiger partial charge in [-0.1, -0.05) is 178 Å². The van der Waals surface area contributed by atoms with Gasteiger partial charge in [0.2, 0.25) is 0 Å². The largest absolute Gasteiger partial charge is 0.458 e. The first-order chi connectivity index (χ1) is 32.9. The monoisotopic (exact) mass is 902 g/mol. The fraction of sp³-hybridized carbons (Fsp3) is 0.219. The molecule has 0 saturated heterocycles. The normalized spacial score (nSPS) is 12.5. The molecule has 7 aromatic carbocycles. The summed E-state index contributed by atoms with van der Waals surface area (Å²) in [6.45, 7) is 22.7. The molecule has 0 radical (unpaired) electrons. The average Bonchev–Trinajstić information content (AvgIpc) is 3.95. The Morgan fingerprint density at radius 2 is 1.12 bits per heavy atom. The lowest BCUT2D eigenvalue weighted by molar-refractivity contribution is -0.611. The van der Waals surface area contributed by atoms with Crippen LogP contribution in [0.2, 0.25) is 0 Å². The Bertz CT molecular complexity index is 3470. The fourth-order valence-corrected chi connectivity index (χ4v) is 9.71. The number of hydrogen-bond donors (Lipinski definition) is 0. The van der Waals surface area contributed by atoms with Gasteiger partial charge >= 0.3 is 0 Å². The number of benzene rings is 7. The van der Waals surface area contributed by atoms with E-state index in [9.17, 15) is 0 Å². The van der Waals surface area contributed by atoms with E-state index < -0.39 is 0 Å². The Labute approximate surface area is 408 Å². The first kappa shape index (κ1) is 45.3. The summed E-state index contributed by atoms with van der Waals surface area (Å²) >= 11 is 0. The molecule has 69 heavy (non-hydrogen) atoms. The minimum Gasteiger partial charge on any atom is -0.458 e. The third-order valence-corrected chi connectivity index (χ3v) is 14.1. The molecule has 0 saturated carbocycles. The van der Waals surface area contributed by atoms with Crippen LogP contribution >= 0.6 is 0 Å². The summed E-state index contributed by atoms with van der Waals surface area (Å²) in [5.74, 6) is 2.36. The van der Waals surface area contributed by atoms with Gasteiger partial charge in [0.1, 0.15) is 17.3 Å². The Balaban J connectivity index is 1.12. The highest BCUT2D eigenvalue weighted by atomic mass is 16.5. The van der Waals surface area contributed by atoms with Crippen molar-refractivity contribution in [3.05, 3.63) is 234 Å². The summed E-state index contributed by atoms with van der Waals surface area (Å²) in [4.78, 5) is 4.99. The van der Waals surface area contributed by atoms with Crippen molar-refractivity contribution in [1.29, 1.82) is 0 Å². The second kappa shape index (κ2) is 17.2. The van der Waals surface area contributed by atoms with Gasteiger partial charge in [0.25, 0.3) is 6.33 Å². The summed E-state index contributed by atoms with van der Waals surface area (Å²) in [7, 11) is 0. The molecule has 344 valence electrons. The molecule has 0 bridgehead atoms. The van der Waals surface area contributed by atoms with Crippen LogP contribution in [-0.2, 0) is 21.7 Å². The van der Waals surface area contributed by atoms with Crippen molar-refractivity contribution in [3.63, 3.8) is 0 Å². The van der Waals surface area contributed by atoms with Gasteiger partial charge in [-0.25, -0.2) is 4.98 Å². The third kappa shape index (κ3) is 8.67. The number of ether oxygens (including phenoxy) is 1. The fourth-order valence-electron chi connectivity index (χ4n) is 9.71. The number of fused-ring (bicyclic) bond motifs is 3. The maximum absolute atomic E-state index is 7.09. The molecule has 0 aliphatic carbocycles. The van der Waals surface area contributed by atoms with E-state index in [4.69, 9.17) is 9.72 Å². The summed E-state index contributed by atoms with van der Waals surface area (Å²) < 4.78 is 13.8. The van der Waals surface area contributed by atoms with Crippen LogP contribution in [0.5, 0.6) is 11.5 Å². The second-order valence-corrected chi connectivity index (χ2v) is 21.7. The standard InChI is InChI=1S/C64H62N4O/c1-61(2,3)48-33-34-65-60(39-48)68-57-32-29-45(44-21-14-11-15-22-44)35-56(57)55-31-30-53(41-58(55)68)69-54-38-50(64(9,10)47-25-18-13-19-26-47)37-52(40-54)66-42-59(62(4,5)6)67(43-66)51-28-20-27-49(36-51)63(7,8)46-23-16-12-17-24-46/h11-42H,1-10H3. The van der Waals surface area contributed by atoms with E-state index in [-0.39, 0.29) is 21.7 Å². The van der Waals surface area contributed by atoms with Crippen LogP contribution in [0.15, 0.2) is 194 Å². The predicted molar refractivity (Wildman–Crippen MR) is 285 cm³/mol. The van der Waals surface area contributed by atoms with Gasteiger partial charge in [0, 0.05) is 40.1 Å². The lowest BCUT2D eigenvalue weighted by atomic mass is 9.78. The maximum Gasteiger partial charge on any atom is 0.269 e. The minimum atomic E-state index is -0.348. The molecule has 0 N–H and O–H groups in total. The molecule has 5 heteroatoms. The van der Waals surface area contributed by atoms with Crippen molar-refractivity contribution in [2.75, 3.05) is 0 Å². The number of imidazole rings is 1. The zero-order chi connectivity index (χ0) is 48.3. The molecule has 0 aliphatic heterocycles. The Morgan fingerprint density at radius 1 is 0.464 bits per heavy atom. The highest BCUT2D eigenvalue weighted by molar-refractivity contribution is 6.10. The summed E-state index contributed by atoms with van der Waals surface area (Å²) in [5, 5.41) is 2.30. The van der Waals surface area contributed by atoms with Crippen molar-refractivity contribution in [1.82, 2.24) is 14.1 Å². The zero-order valence-corrected chi connectivity index (χ0v) is 41.7. The summed E-state index contributed by atoms with van der Waals surface area (Å²) in [6, 6.07) is 65.2. The Hall–Kier alpha value is -7.50. The van der Waals surface area contributed by atoms with E-state index in [2.05, 4.69) is 277 Å². The molecule has 0 amide bonds. The van der Waals surface area contributed by atoms with E-state index in [1.807, 2.05) is 6.20 Å². The molecule has 3 aromatic heterocycles. The number of nitrogens with zero attached hydrogens (tertiary/aromatic N) is 4. The molecular formula is C64H62N4O. The minimum absolute atomic E-state index is 0.0468. The molecule has 10 rings (SSSR count). The molecular weight excluding hydrogens is 841 g/mol. The maximum atomic E-state index is 7.09. The van der Waals surface area contributed by atoms with Crippen LogP contribution in [0.1, 0.15) is 103 Å². The van der Waals surface area contributed by atoms with Gasteiger partial charge in [-0.3, -0.25) is 13.7 Å².